The van der Waals surface area contributed by atoms with E-state index in [1.54, 1.807) is 65.8 Å². The van der Waals surface area contributed by atoms with Crippen molar-refractivity contribution < 1.29 is 28.0 Å². The summed E-state index contributed by atoms with van der Waals surface area (Å²) in [5.74, 6) is -0.611. The van der Waals surface area contributed by atoms with E-state index in [0.29, 0.717) is 11.3 Å². The van der Waals surface area contributed by atoms with Gasteiger partial charge < -0.3 is 9.63 Å². The van der Waals surface area contributed by atoms with Crippen molar-refractivity contribution in [3.8, 4) is 5.75 Å². The Kier molecular flexibility index (Phi) is 6.62. The molecule has 6 nitrogen and oxygen atoms in total. The molecule has 0 aliphatic rings. The lowest BCUT2D eigenvalue weighted by Gasteiger charge is -2.31. The Morgan fingerprint density at radius 3 is 2.00 bits per heavy atom. The van der Waals surface area contributed by atoms with Crippen LogP contribution in [0.25, 0.3) is 0 Å². The minimum atomic E-state index is -3.91. The molecule has 24 heavy (non-hydrogen) atoms. The molecule has 0 bridgehead atoms. The summed E-state index contributed by atoms with van der Waals surface area (Å²) < 4.78 is 29.9. The third-order valence-electron chi connectivity index (χ3n) is 2.56. The second-order valence-corrected chi connectivity index (χ2v) is 8.89. The number of phosphoric acid groups is 1. The molecule has 0 aliphatic heterocycles. The molecule has 0 saturated heterocycles. The number of rotatable bonds is 7. The molecule has 7 heteroatoms. The summed E-state index contributed by atoms with van der Waals surface area (Å²) in [6.45, 7) is 10.5. The van der Waals surface area contributed by atoms with Crippen LogP contribution in [0.2, 0.25) is 0 Å². The van der Waals surface area contributed by atoms with Gasteiger partial charge in [-0.2, -0.15) is 0 Å². The van der Waals surface area contributed by atoms with Crippen LogP contribution >= 0.6 is 7.82 Å². The van der Waals surface area contributed by atoms with E-state index in [1.165, 1.54) is 0 Å². The standard InChI is InChI=1S/C17H27O6P/c1-16(2,3)22-24(20,23-17(4,5)6)21-14-10-8-7-9-13(14)11-12-15(18)19/h7-10H,11-12H2,1-6H3,(H,18,19). The number of para-hydroxylation sites is 1. The van der Waals surface area contributed by atoms with Crippen LogP contribution in [0.1, 0.15) is 53.5 Å². The smallest absolute Gasteiger partial charge is 0.481 e. The molecule has 0 radical (unpaired) electrons. The van der Waals surface area contributed by atoms with Gasteiger partial charge in [-0.25, -0.2) is 4.57 Å². The number of phosphoric ester groups is 1. The maximum Gasteiger partial charge on any atom is 0.531 e. The van der Waals surface area contributed by atoms with Gasteiger partial charge in [0, 0.05) is 6.42 Å². The van der Waals surface area contributed by atoms with E-state index >= 15 is 0 Å². The zero-order chi connectivity index (χ0) is 18.6. The Morgan fingerprint density at radius 2 is 1.54 bits per heavy atom. The minimum Gasteiger partial charge on any atom is -0.481 e. The normalized spacial score (nSPS) is 12.9. The van der Waals surface area contributed by atoms with E-state index in [-0.39, 0.29) is 12.8 Å². The lowest BCUT2D eigenvalue weighted by molar-refractivity contribution is -0.136. The largest absolute Gasteiger partial charge is 0.531 e. The SMILES string of the molecule is CC(C)(C)OP(=O)(Oc1ccccc1CCC(=O)O)OC(C)(C)C. The Hall–Kier alpha value is -1.36. The summed E-state index contributed by atoms with van der Waals surface area (Å²) in [5.41, 5.74) is -0.844. The molecule has 0 fully saturated rings. The van der Waals surface area contributed by atoms with Crippen LogP contribution in [0.3, 0.4) is 0 Å². The van der Waals surface area contributed by atoms with Gasteiger partial charge in [-0.1, -0.05) is 18.2 Å². The van der Waals surface area contributed by atoms with Crippen molar-refractivity contribution in [2.75, 3.05) is 0 Å². The first kappa shape index (κ1) is 20.7. The van der Waals surface area contributed by atoms with Crippen molar-refractivity contribution in [3.05, 3.63) is 29.8 Å². The van der Waals surface area contributed by atoms with E-state index in [9.17, 15) is 9.36 Å². The van der Waals surface area contributed by atoms with Crippen LogP contribution in [0.4, 0.5) is 0 Å². The first-order valence-corrected chi connectivity index (χ1v) is 9.27. The number of carbonyl (C=O) groups is 1. The van der Waals surface area contributed by atoms with E-state index in [2.05, 4.69) is 0 Å². The second kappa shape index (κ2) is 7.68. The fourth-order valence-electron chi connectivity index (χ4n) is 1.89. The molecular formula is C17H27O6P. The van der Waals surface area contributed by atoms with Gasteiger partial charge in [0.05, 0.1) is 11.2 Å². The molecule has 0 saturated carbocycles. The maximum atomic E-state index is 13.1. The molecule has 0 aliphatic carbocycles. The lowest BCUT2D eigenvalue weighted by Crippen LogP contribution is -2.25. The molecule has 0 aromatic heterocycles. The number of aryl methyl sites for hydroxylation is 1. The summed E-state index contributed by atoms with van der Waals surface area (Å²) in [7, 11) is -3.91. The average Bonchev–Trinajstić information content (AvgIpc) is 2.32. The Bertz CT molecular complexity index is 592. The summed E-state index contributed by atoms with van der Waals surface area (Å²) >= 11 is 0. The van der Waals surface area contributed by atoms with Crippen LogP contribution in [-0.4, -0.2) is 22.3 Å². The first-order valence-electron chi connectivity index (χ1n) is 7.80. The van der Waals surface area contributed by atoms with E-state index in [0.717, 1.165) is 0 Å². The molecule has 1 N–H and O–H groups in total. The monoisotopic (exact) mass is 358 g/mol. The van der Waals surface area contributed by atoms with Gasteiger partial charge in [0.1, 0.15) is 5.75 Å². The summed E-state index contributed by atoms with van der Waals surface area (Å²) in [4.78, 5) is 10.8. The molecule has 1 rings (SSSR count). The number of hydrogen-bond donors (Lipinski definition) is 1. The van der Waals surface area contributed by atoms with E-state index in [1.807, 2.05) is 0 Å². The highest BCUT2D eigenvalue weighted by Gasteiger charge is 2.39. The Balaban J connectivity index is 3.10. The minimum absolute atomic E-state index is 0.0507. The zero-order valence-corrected chi connectivity index (χ0v) is 16.1. The Labute approximate surface area is 143 Å². The highest BCUT2D eigenvalue weighted by Crippen LogP contribution is 2.55. The van der Waals surface area contributed by atoms with Crippen LogP contribution in [0.5, 0.6) is 5.75 Å². The van der Waals surface area contributed by atoms with Crippen molar-refractivity contribution in [3.63, 3.8) is 0 Å². The van der Waals surface area contributed by atoms with Crippen LogP contribution in [0, 0.1) is 0 Å². The molecule has 1 aromatic rings. The highest BCUT2D eigenvalue weighted by atomic mass is 31.2. The molecule has 0 atom stereocenters. The van der Waals surface area contributed by atoms with Crippen LogP contribution in [0.15, 0.2) is 24.3 Å². The van der Waals surface area contributed by atoms with Gasteiger partial charge in [-0.05, 0) is 59.6 Å². The molecule has 0 spiro atoms. The summed E-state index contributed by atoms with van der Waals surface area (Å²) in [6, 6.07) is 6.85. The number of benzene rings is 1. The fraction of sp³-hybridized carbons (Fsp3) is 0.588. The van der Waals surface area contributed by atoms with Crippen molar-refractivity contribution in [2.24, 2.45) is 0 Å². The maximum absolute atomic E-state index is 13.1. The predicted molar refractivity (Wildman–Crippen MR) is 92.3 cm³/mol. The predicted octanol–water partition coefficient (Wildman–Crippen LogP) is 4.82. The third-order valence-corrected chi connectivity index (χ3v) is 4.53. The molecule has 0 unspecified atom stereocenters. The quantitative estimate of drug-likeness (QED) is 0.704. The van der Waals surface area contributed by atoms with Crippen molar-refractivity contribution >= 4 is 13.8 Å². The molecule has 0 amide bonds. The van der Waals surface area contributed by atoms with Gasteiger partial charge in [0.2, 0.25) is 0 Å². The molecular weight excluding hydrogens is 331 g/mol. The van der Waals surface area contributed by atoms with Gasteiger partial charge in [0.25, 0.3) is 0 Å². The first-order chi connectivity index (χ1) is 10.8. The van der Waals surface area contributed by atoms with Crippen molar-refractivity contribution in [1.29, 1.82) is 0 Å². The number of aliphatic carboxylic acids is 1. The van der Waals surface area contributed by atoms with Gasteiger partial charge in [-0.15, -0.1) is 0 Å². The number of hydrogen-bond acceptors (Lipinski definition) is 5. The van der Waals surface area contributed by atoms with Crippen molar-refractivity contribution in [2.45, 2.75) is 65.6 Å². The third kappa shape index (κ3) is 7.95. The van der Waals surface area contributed by atoms with Crippen LogP contribution < -0.4 is 4.52 Å². The molecule has 1 aromatic carbocycles. The van der Waals surface area contributed by atoms with Gasteiger partial charge >= 0.3 is 13.8 Å². The van der Waals surface area contributed by atoms with Gasteiger partial charge in [0.15, 0.2) is 0 Å². The second-order valence-electron chi connectivity index (χ2n) is 7.45. The molecule has 136 valence electrons. The van der Waals surface area contributed by atoms with Gasteiger partial charge in [-0.3, -0.25) is 13.8 Å². The Morgan fingerprint density at radius 1 is 1.04 bits per heavy atom. The molecule has 0 heterocycles. The van der Waals surface area contributed by atoms with Crippen LogP contribution in [-0.2, 0) is 24.8 Å². The number of carboxylic acids is 1. The zero-order valence-electron chi connectivity index (χ0n) is 15.2. The fourth-order valence-corrected chi connectivity index (χ4v) is 3.76. The van der Waals surface area contributed by atoms with E-state index < -0.39 is 25.0 Å². The topological polar surface area (TPSA) is 82.1 Å². The highest BCUT2D eigenvalue weighted by molar-refractivity contribution is 7.49. The lowest BCUT2D eigenvalue weighted by atomic mass is 10.1. The summed E-state index contributed by atoms with van der Waals surface area (Å²) in [6.07, 6.45) is 0.210. The van der Waals surface area contributed by atoms with Crippen molar-refractivity contribution in [1.82, 2.24) is 0 Å². The number of carboxylic acid groups (broad SMARTS) is 1. The average molecular weight is 358 g/mol. The van der Waals surface area contributed by atoms with E-state index in [4.69, 9.17) is 18.7 Å². The summed E-state index contributed by atoms with van der Waals surface area (Å²) in [5, 5.41) is 8.86.